The average Bonchev–Trinajstić information content (AvgIpc) is 3.03. The van der Waals surface area contributed by atoms with Gasteiger partial charge in [-0.2, -0.15) is 5.10 Å². The van der Waals surface area contributed by atoms with Gasteiger partial charge in [0.15, 0.2) is 0 Å². The summed E-state index contributed by atoms with van der Waals surface area (Å²) in [6, 6.07) is 5.61. The number of amides is 1. The van der Waals surface area contributed by atoms with Crippen molar-refractivity contribution in [1.82, 2.24) is 10.2 Å². The third kappa shape index (κ3) is 1.85. The predicted octanol–water partition coefficient (Wildman–Crippen LogP) is 1.09. The lowest BCUT2D eigenvalue weighted by molar-refractivity contribution is -0.145. The minimum Gasteiger partial charge on any atom is -0.469 e. The van der Waals surface area contributed by atoms with Gasteiger partial charge in [-0.25, -0.2) is 0 Å². The van der Waals surface area contributed by atoms with Gasteiger partial charge < -0.3 is 9.64 Å². The number of nitrogens with one attached hydrogen (secondary N) is 1. The number of carbonyl (C=O) groups excluding carboxylic acids is 2. The summed E-state index contributed by atoms with van der Waals surface area (Å²) < 4.78 is 4.70. The molecule has 1 atom stereocenters. The smallest absolute Gasteiger partial charge is 0.311 e. The van der Waals surface area contributed by atoms with Crippen LogP contribution >= 0.6 is 0 Å². The number of aromatic nitrogens is 2. The second-order valence-electron chi connectivity index (χ2n) is 4.54. The number of rotatable bonds is 2. The molecule has 1 aromatic heterocycles. The number of esters is 1. The normalized spacial score (nSPS) is 19.1. The van der Waals surface area contributed by atoms with Gasteiger partial charge in [0, 0.05) is 18.4 Å². The zero-order valence-electron chi connectivity index (χ0n) is 10.4. The maximum absolute atomic E-state index is 12.1. The number of carbonyl (C=O) groups is 2. The van der Waals surface area contributed by atoms with Crippen LogP contribution in [0.1, 0.15) is 6.42 Å². The van der Waals surface area contributed by atoms with E-state index in [2.05, 4.69) is 10.2 Å². The molecule has 1 aromatic carbocycles. The van der Waals surface area contributed by atoms with Gasteiger partial charge >= 0.3 is 5.97 Å². The van der Waals surface area contributed by atoms with E-state index in [0.717, 1.165) is 16.6 Å². The van der Waals surface area contributed by atoms with Crippen molar-refractivity contribution in [3.63, 3.8) is 0 Å². The molecule has 3 rings (SSSR count). The fourth-order valence-electron chi connectivity index (χ4n) is 2.45. The Hall–Kier alpha value is -2.37. The van der Waals surface area contributed by atoms with Gasteiger partial charge in [0.1, 0.15) is 0 Å². The fraction of sp³-hybridized carbons (Fsp3) is 0.308. The van der Waals surface area contributed by atoms with Gasteiger partial charge in [0.05, 0.1) is 30.4 Å². The summed E-state index contributed by atoms with van der Waals surface area (Å²) >= 11 is 0. The Morgan fingerprint density at radius 3 is 3.16 bits per heavy atom. The van der Waals surface area contributed by atoms with Crippen molar-refractivity contribution in [3.05, 3.63) is 24.4 Å². The van der Waals surface area contributed by atoms with Crippen molar-refractivity contribution in [2.24, 2.45) is 5.92 Å². The predicted molar refractivity (Wildman–Crippen MR) is 68.6 cm³/mol. The van der Waals surface area contributed by atoms with Crippen LogP contribution < -0.4 is 4.90 Å². The molecule has 1 unspecified atom stereocenters. The van der Waals surface area contributed by atoms with Gasteiger partial charge in [-0.05, 0) is 12.1 Å². The number of fused-ring (bicyclic) bond motifs is 1. The number of hydrogen-bond acceptors (Lipinski definition) is 4. The van der Waals surface area contributed by atoms with Gasteiger partial charge in [-0.1, -0.05) is 6.07 Å². The van der Waals surface area contributed by atoms with Crippen LogP contribution in [0.15, 0.2) is 24.4 Å². The number of ether oxygens (including phenoxy) is 1. The minimum atomic E-state index is -0.389. The second kappa shape index (κ2) is 4.38. The first-order valence-electron chi connectivity index (χ1n) is 6.01. The molecule has 0 saturated carbocycles. The Balaban J connectivity index is 1.96. The summed E-state index contributed by atoms with van der Waals surface area (Å²) in [6.07, 6.45) is 1.88. The molecule has 0 radical (unpaired) electrons. The molecular formula is C13H13N3O3. The van der Waals surface area contributed by atoms with Crippen LogP contribution in [0.3, 0.4) is 0 Å². The number of hydrogen-bond donors (Lipinski definition) is 1. The lowest BCUT2D eigenvalue weighted by Crippen LogP contribution is -2.26. The number of nitrogens with zero attached hydrogens (tertiary/aromatic N) is 2. The van der Waals surface area contributed by atoms with Crippen molar-refractivity contribution in [1.29, 1.82) is 0 Å². The van der Waals surface area contributed by atoms with Crippen LogP contribution in [0.2, 0.25) is 0 Å². The highest BCUT2D eigenvalue weighted by atomic mass is 16.5. The van der Waals surface area contributed by atoms with Crippen molar-refractivity contribution in [2.75, 3.05) is 18.6 Å². The Morgan fingerprint density at radius 2 is 2.37 bits per heavy atom. The van der Waals surface area contributed by atoms with E-state index < -0.39 is 0 Å². The molecule has 2 aromatic rings. The first kappa shape index (κ1) is 11.7. The maximum atomic E-state index is 12.1. The van der Waals surface area contributed by atoms with Crippen molar-refractivity contribution < 1.29 is 14.3 Å². The van der Waals surface area contributed by atoms with E-state index in [4.69, 9.17) is 4.74 Å². The number of H-pyrrole nitrogens is 1. The van der Waals surface area contributed by atoms with E-state index in [9.17, 15) is 9.59 Å². The molecule has 19 heavy (non-hydrogen) atoms. The lowest BCUT2D eigenvalue weighted by Gasteiger charge is -2.17. The van der Waals surface area contributed by atoms with Crippen LogP contribution in [0.25, 0.3) is 10.9 Å². The number of anilines is 1. The van der Waals surface area contributed by atoms with E-state index >= 15 is 0 Å². The summed E-state index contributed by atoms with van der Waals surface area (Å²) in [7, 11) is 1.34. The third-order valence-corrected chi connectivity index (χ3v) is 3.41. The Kier molecular flexibility index (Phi) is 2.70. The Bertz CT molecular complexity index is 649. The molecular weight excluding hydrogens is 246 g/mol. The first-order chi connectivity index (χ1) is 9.20. The largest absolute Gasteiger partial charge is 0.469 e. The molecule has 98 valence electrons. The van der Waals surface area contributed by atoms with E-state index in [1.54, 1.807) is 11.1 Å². The summed E-state index contributed by atoms with van der Waals surface area (Å²) in [5.41, 5.74) is 1.65. The zero-order valence-corrected chi connectivity index (χ0v) is 10.4. The van der Waals surface area contributed by atoms with Crippen LogP contribution in [0.4, 0.5) is 5.69 Å². The minimum absolute atomic E-state index is 0.0656. The average molecular weight is 259 g/mol. The third-order valence-electron chi connectivity index (χ3n) is 3.41. The number of benzene rings is 1. The Morgan fingerprint density at radius 1 is 1.53 bits per heavy atom. The molecule has 0 bridgehead atoms. The van der Waals surface area contributed by atoms with Crippen LogP contribution in [0.5, 0.6) is 0 Å². The van der Waals surface area contributed by atoms with Crippen LogP contribution in [0, 0.1) is 5.92 Å². The van der Waals surface area contributed by atoms with Gasteiger partial charge in [-0.15, -0.1) is 0 Å². The summed E-state index contributed by atoms with van der Waals surface area (Å²) in [5, 5.41) is 7.71. The molecule has 1 fully saturated rings. The molecule has 6 nitrogen and oxygen atoms in total. The lowest BCUT2D eigenvalue weighted by atomic mass is 10.1. The highest BCUT2D eigenvalue weighted by molar-refractivity contribution is 6.05. The van der Waals surface area contributed by atoms with Gasteiger partial charge in [-0.3, -0.25) is 14.7 Å². The molecule has 2 heterocycles. The summed E-state index contributed by atoms with van der Waals surface area (Å²) in [4.78, 5) is 25.2. The van der Waals surface area contributed by atoms with E-state index in [-0.39, 0.29) is 24.2 Å². The molecule has 1 aliphatic rings. The van der Waals surface area contributed by atoms with Crippen LogP contribution in [-0.4, -0.2) is 35.7 Å². The monoisotopic (exact) mass is 259 g/mol. The molecule has 0 spiro atoms. The number of methoxy groups -OCH3 is 1. The van der Waals surface area contributed by atoms with Gasteiger partial charge in [0.2, 0.25) is 5.91 Å². The summed E-state index contributed by atoms with van der Waals surface area (Å²) in [5.74, 6) is -0.793. The standard InChI is InChI=1S/C13H13N3O3/c1-19-13(18)8-5-12(17)16(7-8)11-4-2-3-10-9(11)6-14-15-10/h2-4,6,8H,5,7H2,1H3,(H,14,15). The molecule has 6 heteroatoms. The quantitative estimate of drug-likeness (QED) is 0.819. The van der Waals surface area contributed by atoms with E-state index in [0.29, 0.717) is 6.54 Å². The highest BCUT2D eigenvalue weighted by Crippen LogP contribution is 2.31. The summed E-state index contributed by atoms with van der Waals surface area (Å²) in [6.45, 7) is 0.357. The van der Waals surface area contributed by atoms with E-state index in [1.807, 2.05) is 18.2 Å². The first-order valence-corrected chi connectivity index (χ1v) is 6.01. The van der Waals surface area contributed by atoms with Crippen molar-refractivity contribution in [3.8, 4) is 0 Å². The molecule has 1 amide bonds. The zero-order chi connectivity index (χ0) is 13.4. The SMILES string of the molecule is COC(=O)C1CC(=O)N(c2cccc3[nH]ncc23)C1. The fourth-order valence-corrected chi connectivity index (χ4v) is 2.45. The van der Waals surface area contributed by atoms with Crippen molar-refractivity contribution >= 4 is 28.5 Å². The van der Waals surface area contributed by atoms with Crippen molar-refractivity contribution in [2.45, 2.75) is 6.42 Å². The molecule has 1 saturated heterocycles. The van der Waals surface area contributed by atoms with Gasteiger partial charge in [0.25, 0.3) is 0 Å². The topological polar surface area (TPSA) is 75.3 Å². The van der Waals surface area contributed by atoms with Crippen LogP contribution in [-0.2, 0) is 14.3 Å². The molecule has 1 N–H and O–H groups in total. The molecule has 0 aliphatic carbocycles. The molecule has 1 aliphatic heterocycles. The second-order valence-corrected chi connectivity index (χ2v) is 4.54. The Labute approximate surface area is 109 Å². The van der Waals surface area contributed by atoms with E-state index in [1.165, 1.54) is 7.11 Å². The number of aromatic amines is 1. The maximum Gasteiger partial charge on any atom is 0.311 e. The highest BCUT2D eigenvalue weighted by Gasteiger charge is 2.36.